The molecule has 3 nitrogen and oxygen atoms in total. The Morgan fingerprint density at radius 3 is 2.85 bits per heavy atom. The van der Waals surface area contributed by atoms with Gasteiger partial charge in [0.15, 0.2) is 6.10 Å². The third-order valence-corrected chi connectivity index (χ3v) is 1.85. The van der Waals surface area contributed by atoms with Gasteiger partial charge in [-0.15, -0.1) is 0 Å². The molecule has 0 spiro atoms. The first kappa shape index (κ1) is 10.4. The summed E-state index contributed by atoms with van der Waals surface area (Å²) in [6.45, 7) is 2.21. The first-order chi connectivity index (χ1) is 5.96. The van der Waals surface area contributed by atoms with Crippen molar-refractivity contribution in [1.82, 2.24) is 9.55 Å². The van der Waals surface area contributed by atoms with Gasteiger partial charge in [0.1, 0.15) is 5.82 Å². The Kier molecular flexibility index (Phi) is 2.87. The van der Waals surface area contributed by atoms with Crippen molar-refractivity contribution in [3.63, 3.8) is 0 Å². The highest BCUT2D eigenvalue weighted by molar-refractivity contribution is 6.22. The molecule has 0 saturated carbocycles. The van der Waals surface area contributed by atoms with Crippen LogP contribution in [0, 0.1) is 0 Å². The van der Waals surface area contributed by atoms with Gasteiger partial charge in [-0.1, -0.05) is 0 Å². The summed E-state index contributed by atoms with van der Waals surface area (Å²) in [5, 5.41) is 5.41. The number of nitrogens with zero attached hydrogens (tertiary/aromatic N) is 2. The minimum absolute atomic E-state index is 0.123. The molecule has 1 aromatic heterocycles. The van der Waals surface area contributed by atoms with Crippen LogP contribution in [0.5, 0.6) is 0 Å². The summed E-state index contributed by atoms with van der Waals surface area (Å²) in [4.78, 5) is 3.60. The maximum absolute atomic E-state index is 12.5. The molecule has 0 aliphatic heterocycles. The number of imidazole rings is 1. The molecule has 1 atom stereocenters. The second kappa shape index (κ2) is 3.59. The zero-order chi connectivity index (χ0) is 10.1. The minimum Gasteiger partial charge on any atom is -0.378 e. The molecule has 6 heteroatoms. The van der Waals surface area contributed by atoms with Crippen LogP contribution in [0.25, 0.3) is 0 Å². The van der Waals surface area contributed by atoms with E-state index >= 15 is 0 Å². The molecule has 0 aliphatic carbocycles. The van der Waals surface area contributed by atoms with E-state index in [1.54, 1.807) is 6.92 Å². The largest absolute Gasteiger partial charge is 0.378 e. The van der Waals surface area contributed by atoms with Gasteiger partial charge in [0.2, 0.25) is 0 Å². The van der Waals surface area contributed by atoms with E-state index in [9.17, 15) is 8.78 Å². The van der Waals surface area contributed by atoms with E-state index < -0.39 is 11.5 Å². The third kappa shape index (κ3) is 2.16. The summed E-state index contributed by atoms with van der Waals surface area (Å²) in [6.07, 6.45) is 0.774. The van der Waals surface area contributed by atoms with Gasteiger partial charge in [-0.25, -0.2) is 4.98 Å². The summed E-state index contributed by atoms with van der Waals surface area (Å²) >= 11 is 4.67. The predicted octanol–water partition coefficient (Wildman–Crippen LogP) is 1.77. The molecule has 0 bridgehead atoms. The van der Waals surface area contributed by atoms with E-state index in [-0.39, 0.29) is 5.82 Å². The molecular weight excluding hydrogens is 202 g/mol. The first-order valence-electron chi connectivity index (χ1n) is 3.72. The van der Waals surface area contributed by atoms with E-state index in [1.807, 2.05) is 0 Å². The van der Waals surface area contributed by atoms with Gasteiger partial charge in [0.25, 0.3) is 0 Å². The van der Waals surface area contributed by atoms with Crippen molar-refractivity contribution in [3.05, 3.63) is 18.2 Å². The van der Waals surface area contributed by atoms with Crippen molar-refractivity contribution in [2.24, 2.45) is 0 Å². The Hall–Kier alpha value is -0.680. The van der Waals surface area contributed by atoms with Crippen LogP contribution in [-0.2, 0) is 6.54 Å². The topological polar surface area (TPSA) is 38.0 Å². The molecular formula is C7H9ClF2N2O. The van der Waals surface area contributed by atoms with Crippen LogP contribution < -0.4 is 0 Å². The molecule has 0 aromatic carbocycles. The van der Waals surface area contributed by atoms with Gasteiger partial charge in [-0.05, 0) is 18.5 Å². The highest BCUT2D eigenvalue weighted by Gasteiger charge is 2.39. The van der Waals surface area contributed by atoms with E-state index in [4.69, 9.17) is 5.11 Å². The standard InChI is InChI=1S/C7H9ClF2N2O/c1-2-12-4-3-11-6(12)5(13)7(8,9)10/h3-5,13H,2H2,1H3. The number of aliphatic hydroxyl groups is 1. The second-order valence-electron chi connectivity index (χ2n) is 2.52. The Morgan fingerprint density at radius 1 is 1.77 bits per heavy atom. The van der Waals surface area contributed by atoms with Crippen molar-refractivity contribution >= 4 is 11.6 Å². The summed E-state index contributed by atoms with van der Waals surface area (Å²) in [5.41, 5.74) is 0. The normalized spacial score (nSPS) is 14.5. The zero-order valence-electron chi connectivity index (χ0n) is 6.91. The number of alkyl halides is 3. The molecule has 1 N–H and O–H groups in total. The SMILES string of the molecule is CCn1ccnc1C(O)C(F)(F)Cl. The minimum atomic E-state index is -3.68. The van der Waals surface area contributed by atoms with E-state index in [0.717, 1.165) is 0 Å². The van der Waals surface area contributed by atoms with Crippen LogP contribution in [0.3, 0.4) is 0 Å². The van der Waals surface area contributed by atoms with Gasteiger partial charge < -0.3 is 9.67 Å². The molecule has 1 unspecified atom stereocenters. The molecule has 0 fully saturated rings. The molecule has 0 amide bonds. The fraction of sp³-hybridized carbons (Fsp3) is 0.571. The van der Waals surface area contributed by atoms with E-state index in [1.165, 1.54) is 17.0 Å². The van der Waals surface area contributed by atoms with E-state index in [0.29, 0.717) is 6.54 Å². The quantitative estimate of drug-likeness (QED) is 0.773. The lowest BCUT2D eigenvalue weighted by molar-refractivity contribution is -0.0485. The molecule has 13 heavy (non-hydrogen) atoms. The maximum Gasteiger partial charge on any atom is 0.354 e. The van der Waals surface area contributed by atoms with Crippen LogP contribution in [0.2, 0.25) is 0 Å². The number of aryl methyl sites for hydroxylation is 1. The maximum atomic E-state index is 12.5. The second-order valence-corrected chi connectivity index (χ2v) is 3.02. The van der Waals surface area contributed by atoms with Crippen LogP contribution >= 0.6 is 11.6 Å². The summed E-state index contributed by atoms with van der Waals surface area (Å²) in [6, 6.07) is 0. The van der Waals surface area contributed by atoms with Gasteiger partial charge in [0.05, 0.1) is 0 Å². The van der Waals surface area contributed by atoms with Crippen LogP contribution in [0.15, 0.2) is 12.4 Å². The van der Waals surface area contributed by atoms with Crippen LogP contribution in [-0.4, -0.2) is 20.0 Å². The Labute approximate surface area is 79.0 Å². The number of hydrogen-bond acceptors (Lipinski definition) is 2. The molecule has 1 rings (SSSR count). The number of halogens is 3. The molecule has 74 valence electrons. The fourth-order valence-corrected chi connectivity index (χ4v) is 1.08. The molecule has 1 heterocycles. The molecule has 1 aromatic rings. The average Bonchev–Trinajstić information content (AvgIpc) is 2.48. The summed E-state index contributed by atoms with van der Waals surface area (Å²) < 4.78 is 26.3. The van der Waals surface area contributed by atoms with Crippen LogP contribution in [0.1, 0.15) is 18.9 Å². The zero-order valence-corrected chi connectivity index (χ0v) is 7.67. The highest BCUT2D eigenvalue weighted by atomic mass is 35.5. The van der Waals surface area contributed by atoms with E-state index in [2.05, 4.69) is 16.6 Å². The molecule has 0 radical (unpaired) electrons. The lowest BCUT2D eigenvalue weighted by Gasteiger charge is -2.16. The highest BCUT2D eigenvalue weighted by Crippen LogP contribution is 2.33. The van der Waals surface area contributed by atoms with Crippen molar-refractivity contribution in [1.29, 1.82) is 0 Å². The van der Waals surface area contributed by atoms with Gasteiger partial charge >= 0.3 is 5.38 Å². The van der Waals surface area contributed by atoms with Gasteiger partial charge in [-0.2, -0.15) is 8.78 Å². The van der Waals surface area contributed by atoms with Gasteiger partial charge in [0, 0.05) is 18.9 Å². The van der Waals surface area contributed by atoms with Gasteiger partial charge in [-0.3, -0.25) is 0 Å². The first-order valence-corrected chi connectivity index (χ1v) is 4.10. The number of aromatic nitrogens is 2. The summed E-state index contributed by atoms with van der Waals surface area (Å²) in [7, 11) is 0. The van der Waals surface area contributed by atoms with Crippen molar-refractivity contribution in [2.75, 3.05) is 0 Å². The average molecular weight is 211 g/mol. The fourth-order valence-electron chi connectivity index (χ4n) is 0.982. The molecule has 0 saturated heterocycles. The monoisotopic (exact) mass is 210 g/mol. The number of rotatable bonds is 3. The number of hydrogen-bond donors (Lipinski definition) is 1. The van der Waals surface area contributed by atoms with Crippen LogP contribution in [0.4, 0.5) is 8.78 Å². The lowest BCUT2D eigenvalue weighted by Crippen LogP contribution is -2.22. The predicted molar refractivity (Wildman–Crippen MR) is 43.7 cm³/mol. The Morgan fingerprint density at radius 2 is 2.38 bits per heavy atom. The van der Waals surface area contributed by atoms with Crippen molar-refractivity contribution in [3.8, 4) is 0 Å². The number of aliphatic hydroxyl groups excluding tert-OH is 1. The summed E-state index contributed by atoms with van der Waals surface area (Å²) in [5.74, 6) is -0.123. The smallest absolute Gasteiger partial charge is 0.354 e. The van der Waals surface area contributed by atoms with Crippen molar-refractivity contribution in [2.45, 2.75) is 25.0 Å². The Bertz CT molecular complexity index is 284. The Balaban J connectivity index is 2.94. The lowest BCUT2D eigenvalue weighted by atomic mass is 10.3. The van der Waals surface area contributed by atoms with Crippen molar-refractivity contribution < 1.29 is 13.9 Å². The third-order valence-electron chi connectivity index (χ3n) is 1.64. The molecule has 0 aliphatic rings.